The lowest BCUT2D eigenvalue weighted by Gasteiger charge is -2.52. The summed E-state index contributed by atoms with van der Waals surface area (Å²) in [6.07, 6.45) is 1.81. The van der Waals surface area contributed by atoms with Crippen LogP contribution in [0.3, 0.4) is 0 Å². The zero-order chi connectivity index (χ0) is 26.9. The van der Waals surface area contributed by atoms with E-state index in [2.05, 4.69) is 15.9 Å². The van der Waals surface area contributed by atoms with Crippen LogP contribution in [0.4, 0.5) is 17.1 Å². The summed E-state index contributed by atoms with van der Waals surface area (Å²) in [6.45, 7) is 0. The molecule has 8 heteroatoms. The number of hydrogen-bond acceptors (Lipinski definition) is 5. The Morgan fingerprint density at radius 3 is 2.15 bits per heavy atom. The Morgan fingerprint density at radius 1 is 0.846 bits per heavy atom. The molecule has 0 aromatic heterocycles. The SMILES string of the molecule is O=C1[C@H]2C3c4ccccc4C(C=Nc4cccc(Br)c4)(c4ccccc43)[C@H]2C(=O)N1c1ccccc1[N+](=O)[O-]. The molecule has 39 heavy (non-hydrogen) atoms. The lowest BCUT2D eigenvalue weighted by Crippen LogP contribution is -2.54. The number of nitrogens with zero attached hydrogens (tertiary/aromatic N) is 3. The van der Waals surface area contributed by atoms with Gasteiger partial charge in [-0.05, 0) is 46.5 Å². The maximum Gasteiger partial charge on any atom is 0.293 e. The van der Waals surface area contributed by atoms with Gasteiger partial charge in [0.15, 0.2) is 0 Å². The number of benzene rings is 4. The summed E-state index contributed by atoms with van der Waals surface area (Å²) in [5.41, 5.74) is 3.19. The lowest BCUT2D eigenvalue weighted by atomic mass is 9.47. The average Bonchev–Trinajstić information content (AvgIpc) is 3.22. The van der Waals surface area contributed by atoms with Gasteiger partial charge in [0.05, 0.1) is 27.9 Å². The lowest BCUT2D eigenvalue weighted by molar-refractivity contribution is -0.384. The molecule has 1 heterocycles. The van der Waals surface area contributed by atoms with Crippen LogP contribution >= 0.6 is 15.9 Å². The van der Waals surface area contributed by atoms with Gasteiger partial charge >= 0.3 is 0 Å². The number of anilines is 1. The Labute approximate surface area is 232 Å². The number of amides is 2. The van der Waals surface area contributed by atoms with Crippen molar-refractivity contribution < 1.29 is 14.5 Å². The molecule has 8 rings (SSSR count). The molecule has 0 N–H and O–H groups in total. The first-order valence-corrected chi connectivity index (χ1v) is 13.3. The highest BCUT2D eigenvalue weighted by molar-refractivity contribution is 9.10. The maximum absolute atomic E-state index is 14.4. The van der Waals surface area contributed by atoms with Gasteiger partial charge in [-0.15, -0.1) is 0 Å². The standard InChI is InChI=1S/C31H20BrN3O4/c32-18-8-7-9-19(16-18)33-17-31-22-12-3-1-10-20(22)26(21-11-2-4-13-23(21)31)27-28(31)30(37)34(29(27)36)24-14-5-6-15-25(24)35(38)39/h1-17,26-28H/t26?,27-,28+,31?/m0/s1. The fourth-order valence-electron chi connectivity index (χ4n) is 6.83. The molecule has 4 aromatic rings. The predicted molar refractivity (Wildman–Crippen MR) is 150 cm³/mol. The molecule has 4 aliphatic rings. The van der Waals surface area contributed by atoms with E-state index in [0.717, 1.165) is 31.6 Å². The number of nitro groups is 1. The van der Waals surface area contributed by atoms with Crippen LogP contribution < -0.4 is 4.90 Å². The van der Waals surface area contributed by atoms with E-state index < -0.39 is 34.0 Å². The van der Waals surface area contributed by atoms with Crippen molar-refractivity contribution in [1.82, 2.24) is 0 Å². The van der Waals surface area contributed by atoms with Crippen molar-refractivity contribution in [3.8, 4) is 0 Å². The van der Waals surface area contributed by atoms with Crippen molar-refractivity contribution in [3.05, 3.63) is 134 Å². The fourth-order valence-corrected chi connectivity index (χ4v) is 7.21. The molecule has 0 spiro atoms. The summed E-state index contributed by atoms with van der Waals surface area (Å²) in [4.78, 5) is 45.9. The van der Waals surface area contributed by atoms with Crippen LogP contribution in [0.2, 0.25) is 0 Å². The minimum absolute atomic E-state index is 0.00140. The summed E-state index contributed by atoms with van der Waals surface area (Å²) in [6, 6.07) is 29.3. The molecule has 0 radical (unpaired) electrons. The third-order valence-electron chi connectivity index (χ3n) is 8.23. The van der Waals surface area contributed by atoms with Crippen molar-refractivity contribution in [2.24, 2.45) is 16.8 Å². The Morgan fingerprint density at radius 2 is 1.49 bits per heavy atom. The Hall–Kier alpha value is -4.43. The molecule has 3 aliphatic carbocycles. The van der Waals surface area contributed by atoms with Gasteiger partial charge in [0, 0.05) is 22.7 Å². The van der Waals surface area contributed by atoms with E-state index in [1.807, 2.05) is 79.0 Å². The summed E-state index contributed by atoms with van der Waals surface area (Å²) in [5.74, 6) is -2.76. The molecule has 4 aromatic carbocycles. The minimum Gasteiger partial charge on any atom is -0.274 e. The van der Waals surface area contributed by atoms with Crippen LogP contribution in [0.25, 0.3) is 0 Å². The van der Waals surface area contributed by atoms with E-state index >= 15 is 0 Å². The number of nitro benzene ring substituents is 1. The number of imide groups is 1. The summed E-state index contributed by atoms with van der Waals surface area (Å²) < 4.78 is 0.871. The maximum atomic E-state index is 14.4. The van der Waals surface area contributed by atoms with Gasteiger partial charge in [-0.3, -0.25) is 24.7 Å². The first kappa shape index (κ1) is 23.7. The normalized spacial score (nSPS) is 24.5. The van der Waals surface area contributed by atoms with Crippen molar-refractivity contribution in [2.45, 2.75) is 11.3 Å². The van der Waals surface area contributed by atoms with Crippen LogP contribution in [0.5, 0.6) is 0 Å². The number of carbonyl (C=O) groups excluding carboxylic acids is 2. The van der Waals surface area contributed by atoms with Gasteiger partial charge in [0.2, 0.25) is 11.8 Å². The van der Waals surface area contributed by atoms with Gasteiger partial charge in [0.1, 0.15) is 5.69 Å². The van der Waals surface area contributed by atoms with E-state index in [0.29, 0.717) is 5.69 Å². The van der Waals surface area contributed by atoms with Crippen LogP contribution in [-0.4, -0.2) is 23.0 Å². The largest absolute Gasteiger partial charge is 0.293 e. The van der Waals surface area contributed by atoms with Crippen molar-refractivity contribution in [3.63, 3.8) is 0 Å². The third-order valence-corrected chi connectivity index (χ3v) is 8.72. The summed E-state index contributed by atoms with van der Waals surface area (Å²) in [5, 5.41) is 11.9. The molecule has 0 unspecified atom stereocenters. The van der Waals surface area contributed by atoms with Crippen LogP contribution in [0, 0.1) is 22.0 Å². The molecule has 7 nitrogen and oxygen atoms in total. The van der Waals surface area contributed by atoms with Gasteiger partial charge < -0.3 is 0 Å². The predicted octanol–water partition coefficient (Wildman–Crippen LogP) is 6.31. The van der Waals surface area contributed by atoms with Crippen LogP contribution in [-0.2, 0) is 15.0 Å². The van der Waals surface area contributed by atoms with Gasteiger partial charge in [-0.25, -0.2) is 4.90 Å². The molecule has 1 aliphatic heterocycles. The fraction of sp³-hybridized carbons (Fsp3) is 0.129. The Balaban J connectivity index is 1.51. The molecular formula is C31H20BrN3O4. The minimum atomic E-state index is -1.04. The second kappa shape index (κ2) is 8.54. The Bertz CT molecular complexity index is 1700. The monoisotopic (exact) mass is 577 g/mol. The molecule has 2 bridgehead atoms. The van der Waals surface area contributed by atoms with Crippen LogP contribution in [0.1, 0.15) is 28.2 Å². The van der Waals surface area contributed by atoms with Crippen molar-refractivity contribution >= 4 is 51.0 Å². The highest BCUT2D eigenvalue weighted by atomic mass is 79.9. The number of para-hydroxylation sites is 2. The highest BCUT2D eigenvalue weighted by Crippen LogP contribution is 2.64. The molecular weight excluding hydrogens is 558 g/mol. The molecule has 0 saturated carbocycles. The van der Waals surface area contributed by atoms with E-state index in [9.17, 15) is 19.7 Å². The first-order chi connectivity index (χ1) is 18.9. The average molecular weight is 578 g/mol. The Kier molecular flexibility index (Phi) is 5.18. The quantitative estimate of drug-likeness (QED) is 0.123. The van der Waals surface area contributed by atoms with E-state index in [-0.39, 0.29) is 17.3 Å². The molecule has 190 valence electrons. The second-order valence-electron chi connectivity index (χ2n) is 10.0. The van der Waals surface area contributed by atoms with Crippen molar-refractivity contribution in [2.75, 3.05) is 4.90 Å². The molecule has 2 amide bonds. The van der Waals surface area contributed by atoms with Gasteiger partial charge in [-0.1, -0.05) is 82.7 Å². The van der Waals surface area contributed by atoms with E-state index in [1.54, 1.807) is 6.07 Å². The van der Waals surface area contributed by atoms with Gasteiger partial charge in [0.25, 0.3) is 5.69 Å². The molecule has 1 fully saturated rings. The number of rotatable bonds is 4. The zero-order valence-electron chi connectivity index (χ0n) is 20.4. The van der Waals surface area contributed by atoms with E-state index in [1.165, 1.54) is 18.2 Å². The first-order valence-electron chi connectivity index (χ1n) is 12.5. The number of carbonyl (C=O) groups is 2. The third kappa shape index (κ3) is 3.18. The smallest absolute Gasteiger partial charge is 0.274 e. The topological polar surface area (TPSA) is 92.9 Å². The van der Waals surface area contributed by atoms with Crippen LogP contribution in [0.15, 0.2) is 107 Å². The van der Waals surface area contributed by atoms with E-state index in [4.69, 9.17) is 4.99 Å². The second-order valence-corrected chi connectivity index (χ2v) is 10.9. The zero-order valence-corrected chi connectivity index (χ0v) is 22.0. The molecule has 2 atom stereocenters. The number of hydrogen-bond donors (Lipinski definition) is 0. The molecule has 1 saturated heterocycles. The highest BCUT2D eigenvalue weighted by Gasteiger charge is 2.68. The summed E-state index contributed by atoms with van der Waals surface area (Å²) >= 11 is 3.50. The number of halogens is 1. The summed E-state index contributed by atoms with van der Waals surface area (Å²) in [7, 11) is 0. The van der Waals surface area contributed by atoms with Gasteiger partial charge in [-0.2, -0.15) is 0 Å². The van der Waals surface area contributed by atoms with Crippen molar-refractivity contribution in [1.29, 1.82) is 0 Å². The number of aliphatic imine (C=N–C) groups is 1.